The Morgan fingerprint density at radius 2 is 1.90 bits per heavy atom. The molecule has 164 valence electrons. The second kappa shape index (κ2) is 7.30. The summed E-state index contributed by atoms with van der Waals surface area (Å²) < 4.78 is 47.1. The average Bonchev–Trinajstić information content (AvgIpc) is 3.01. The van der Waals surface area contributed by atoms with Crippen LogP contribution in [-0.4, -0.2) is 34.7 Å². The maximum atomic E-state index is 13.7. The third kappa shape index (κ3) is 3.44. The van der Waals surface area contributed by atoms with Crippen LogP contribution < -0.4 is 10.1 Å². The molecule has 0 spiro atoms. The third-order valence-corrected chi connectivity index (χ3v) is 5.68. The number of halogens is 3. The summed E-state index contributed by atoms with van der Waals surface area (Å²) in [5.41, 5.74) is 0.612. The molecule has 0 bridgehead atoms. The predicted octanol–water partition coefficient (Wildman–Crippen LogP) is 4.09. The molecule has 2 N–H and O–H groups in total. The number of carbonyl (C=O) groups excluding carboxylic acids is 1. The Morgan fingerprint density at radius 1 is 1.19 bits per heavy atom. The van der Waals surface area contributed by atoms with Crippen molar-refractivity contribution in [2.75, 3.05) is 13.2 Å². The van der Waals surface area contributed by atoms with Gasteiger partial charge in [0.25, 0.3) is 5.91 Å². The zero-order valence-electron chi connectivity index (χ0n) is 17.4. The fraction of sp³-hybridized carbons (Fsp3) is 0.348. The predicted molar refractivity (Wildman–Crippen MR) is 109 cm³/mol. The third-order valence-electron chi connectivity index (χ3n) is 5.68. The summed E-state index contributed by atoms with van der Waals surface area (Å²) in [6.45, 7) is 5.15. The Labute approximate surface area is 178 Å². The molecule has 0 atom stereocenters. The van der Waals surface area contributed by atoms with E-state index in [4.69, 9.17) is 4.74 Å². The van der Waals surface area contributed by atoms with Gasteiger partial charge >= 0.3 is 6.18 Å². The molecule has 4 rings (SSSR count). The normalized spacial score (nSPS) is 17.4. The number of alkyl halides is 3. The number of fused-ring (bicyclic) bond motifs is 2. The molecule has 0 saturated carbocycles. The molecule has 0 unspecified atom stereocenters. The van der Waals surface area contributed by atoms with E-state index in [2.05, 4.69) is 5.32 Å². The maximum absolute atomic E-state index is 13.7. The molecular weight excluding hydrogens is 409 g/mol. The van der Waals surface area contributed by atoms with E-state index in [0.29, 0.717) is 17.0 Å². The van der Waals surface area contributed by atoms with Gasteiger partial charge in [-0.1, -0.05) is 18.2 Å². The van der Waals surface area contributed by atoms with E-state index in [1.54, 1.807) is 26.0 Å². The monoisotopic (exact) mass is 432 g/mol. The fourth-order valence-electron chi connectivity index (χ4n) is 4.29. The van der Waals surface area contributed by atoms with E-state index >= 15 is 0 Å². The topological polar surface area (TPSA) is 61.8 Å². The fourth-order valence-corrected chi connectivity index (χ4v) is 4.29. The molecule has 2 aliphatic rings. The zero-order valence-corrected chi connectivity index (χ0v) is 17.4. The van der Waals surface area contributed by atoms with Crippen molar-refractivity contribution in [2.24, 2.45) is 0 Å². The standard InChI is InChI=1S/C23H23F3N2O3/c1-13-16(23(24,25)26)8-9-17-18(13)19(20(27-10-11-29)22(2,3)31-17)28-12-14-6-4-5-7-15(14)21(28)30/h4-9,27,29H,10-12H2,1-3H3. The zero-order chi connectivity index (χ0) is 22.6. The van der Waals surface area contributed by atoms with E-state index in [1.807, 2.05) is 12.1 Å². The maximum Gasteiger partial charge on any atom is 0.416 e. The van der Waals surface area contributed by atoms with Crippen LogP contribution in [0, 0.1) is 6.92 Å². The number of hydrogen-bond acceptors (Lipinski definition) is 4. The second-order valence-electron chi connectivity index (χ2n) is 8.14. The quantitative estimate of drug-likeness (QED) is 0.764. The van der Waals surface area contributed by atoms with Crippen LogP contribution in [0.1, 0.15) is 46.5 Å². The van der Waals surface area contributed by atoms with Crippen LogP contribution in [0.25, 0.3) is 5.70 Å². The molecule has 2 aromatic rings. The molecule has 0 saturated heterocycles. The first-order chi connectivity index (χ1) is 14.6. The van der Waals surface area contributed by atoms with Crippen LogP contribution >= 0.6 is 0 Å². The molecule has 0 aliphatic carbocycles. The summed E-state index contributed by atoms with van der Waals surface area (Å²) in [7, 11) is 0. The lowest BCUT2D eigenvalue weighted by molar-refractivity contribution is -0.138. The highest BCUT2D eigenvalue weighted by atomic mass is 19.4. The highest BCUT2D eigenvalue weighted by molar-refractivity contribution is 6.04. The van der Waals surface area contributed by atoms with Gasteiger partial charge in [0.05, 0.1) is 30.1 Å². The van der Waals surface area contributed by atoms with Gasteiger partial charge in [0.1, 0.15) is 11.4 Å². The molecule has 8 heteroatoms. The molecule has 2 aromatic carbocycles. The Balaban J connectivity index is 1.98. The van der Waals surface area contributed by atoms with Gasteiger partial charge in [0.2, 0.25) is 0 Å². The van der Waals surface area contributed by atoms with E-state index in [1.165, 1.54) is 17.9 Å². The first kappa shape index (κ1) is 21.2. The number of carbonyl (C=O) groups is 1. The number of aliphatic hydroxyl groups is 1. The molecule has 5 nitrogen and oxygen atoms in total. The van der Waals surface area contributed by atoms with Crippen LogP contribution in [0.5, 0.6) is 5.75 Å². The molecule has 0 fully saturated rings. The molecule has 2 heterocycles. The molecular formula is C23H23F3N2O3. The summed E-state index contributed by atoms with van der Waals surface area (Å²) in [5.74, 6) is -0.00170. The highest BCUT2D eigenvalue weighted by Gasteiger charge is 2.44. The number of aliphatic hydroxyl groups excluding tert-OH is 1. The number of rotatable bonds is 4. The molecule has 1 amide bonds. The van der Waals surface area contributed by atoms with Crippen molar-refractivity contribution in [3.8, 4) is 5.75 Å². The van der Waals surface area contributed by atoms with Gasteiger partial charge < -0.3 is 20.1 Å². The van der Waals surface area contributed by atoms with Crippen molar-refractivity contribution in [2.45, 2.75) is 39.1 Å². The minimum absolute atomic E-state index is 0.0115. The summed E-state index contributed by atoms with van der Waals surface area (Å²) in [5, 5.41) is 12.4. The Kier molecular flexibility index (Phi) is 5.00. The minimum Gasteiger partial charge on any atom is -0.481 e. The van der Waals surface area contributed by atoms with Crippen molar-refractivity contribution in [1.82, 2.24) is 10.2 Å². The molecule has 0 radical (unpaired) electrons. The van der Waals surface area contributed by atoms with Gasteiger partial charge in [0.15, 0.2) is 0 Å². The number of hydrogen-bond donors (Lipinski definition) is 2. The molecule has 31 heavy (non-hydrogen) atoms. The lowest BCUT2D eigenvalue weighted by Gasteiger charge is -2.40. The van der Waals surface area contributed by atoms with Crippen LogP contribution in [0.4, 0.5) is 13.2 Å². The second-order valence-corrected chi connectivity index (χ2v) is 8.14. The first-order valence-electron chi connectivity index (χ1n) is 9.95. The molecule has 0 aromatic heterocycles. The SMILES string of the molecule is Cc1c(C(F)(F)F)ccc2c1C(N1Cc3ccccc3C1=O)=C(NCCO)C(C)(C)O2. The van der Waals surface area contributed by atoms with Crippen molar-refractivity contribution in [1.29, 1.82) is 0 Å². The lowest BCUT2D eigenvalue weighted by Crippen LogP contribution is -2.45. The van der Waals surface area contributed by atoms with Crippen LogP contribution in [-0.2, 0) is 12.7 Å². The van der Waals surface area contributed by atoms with Crippen molar-refractivity contribution in [3.05, 3.63) is 69.9 Å². The van der Waals surface area contributed by atoms with E-state index in [0.717, 1.165) is 11.6 Å². The summed E-state index contributed by atoms with van der Waals surface area (Å²) in [6, 6.07) is 9.44. The van der Waals surface area contributed by atoms with E-state index < -0.39 is 17.3 Å². The van der Waals surface area contributed by atoms with Crippen molar-refractivity contribution in [3.63, 3.8) is 0 Å². The van der Waals surface area contributed by atoms with Crippen LogP contribution in [0.3, 0.4) is 0 Å². The van der Waals surface area contributed by atoms with E-state index in [-0.39, 0.29) is 42.5 Å². The Morgan fingerprint density at radius 3 is 2.55 bits per heavy atom. The van der Waals surface area contributed by atoms with Gasteiger partial charge in [0, 0.05) is 17.7 Å². The van der Waals surface area contributed by atoms with Crippen molar-refractivity contribution < 1.29 is 27.8 Å². The van der Waals surface area contributed by atoms with Crippen LogP contribution in [0.15, 0.2) is 42.1 Å². The smallest absolute Gasteiger partial charge is 0.416 e. The number of nitrogens with one attached hydrogen (secondary N) is 1. The highest BCUT2D eigenvalue weighted by Crippen LogP contribution is 2.47. The minimum atomic E-state index is -4.55. The van der Waals surface area contributed by atoms with Crippen LogP contribution in [0.2, 0.25) is 0 Å². The van der Waals surface area contributed by atoms with Gasteiger partial charge in [-0.15, -0.1) is 0 Å². The van der Waals surface area contributed by atoms with Gasteiger partial charge in [-0.05, 0) is 50.1 Å². The number of amides is 1. The van der Waals surface area contributed by atoms with Gasteiger partial charge in [-0.25, -0.2) is 0 Å². The number of benzene rings is 2. The van der Waals surface area contributed by atoms with Gasteiger partial charge in [-0.3, -0.25) is 4.79 Å². The number of ether oxygens (including phenoxy) is 1. The largest absolute Gasteiger partial charge is 0.481 e. The lowest BCUT2D eigenvalue weighted by atomic mass is 9.89. The molecule has 2 aliphatic heterocycles. The Bertz CT molecular complexity index is 1090. The average molecular weight is 432 g/mol. The van der Waals surface area contributed by atoms with Crippen molar-refractivity contribution >= 4 is 11.6 Å². The Hall–Kier alpha value is -3.00. The van der Waals surface area contributed by atoms with E-state index in [9.17, 15) is 23.1 Å². The van der Waals surface area contributed by atoms with Gasteiger partial charge in [-0.2, -0.15) is 13.2 Å². The first-order valence-corrected chi connectivity index (χ1v) is 9.95. The summed E-state index contributed by atoms with van der Waals surface area (Å²) in [6.07, 6.45) is -4.55. The summed E-state index contributed by atoms with van der Waals surface area (Å²) in [4.78, 5) is 14.8. The summed E-state index contributed by atoms with van der Waals surface area (Å²) >= 11 is 0. The number of nitrogens with zero attached hydrogens (tertiary/aromatic N) is 1.